The van der Waals surface area contributed by atoms with Gasteiger partial charge in [-0.2, -0.15) is 0 Å². The molecule has 1 saturated carbocycles. The summed E-state index contributed by atoms with van der Waals surface area (Å²) in [5.74, 6) is 5.33. The summed E-state index contributed by atoms with van der Waals surface area (Å²) in [5.41, 5.74) is -1.27. The topological polar surface area (TPSA) is 66.9 Å². The van der Waals surface area contributed by atoms with E-state index in [4.69, 9.17) is 4.74 Å². The third-order valence-electron chi connectivity index (χ3n) is 9.35. The molecular weight excluding hydrogens is 416 g/mol. The highest BCUT2D eigenvalue weighted by Crippen LogP contribution is 2.66. The lowest BCUT2D eigenvalue weighted by Gasteiger charge is -2.40. The van der Waals surface area contributed by atoms with Gasteiger partial charge in [0.05, 0.1) is 5.41 Å². The van der Waals surface area contributed by atoms with Gasteiger partial charge in [0.2, 0.25) is 0 Å². The number of hydrogen-bond acceptors (Lipinski definition) is 4. The first kappa shape index (κ1) is 22.0. The van der Waals surface area contributed by atoms with Gasteiger partial charge in [0, 0.05) is 43.1 Å². The van der Waals surface area contributed by atoms with Crippen LogP contribution in [0.2, 0.25) is 0 Å². The molecule has 2 bridgehead atoms. The molecule has 1 aromatic rings. The maximum absolute atomic E-state index is 13.7. The van der Waals surface area contributed by atoms with Crippen molar-refractivity contribution < 1.29 is 19.1 Å². The molecule has 2 amide bonds. The molecule has 2 unspecified atom stereocenters. The highest BCUT2D eigenvalue weighted by molar-refractivity contribution is 5.96. The van der Waals surface area contributed by atoms with Crippen LogP contribution in [0, 0.1) is 28.1 Å². The van der Waals surface area contributed by atoms with Crippen LogP contribution in [0.15, 0.2) is 30.3 Å². The van der Waals surface area contributed by atoms with Crippen LogP contribution in [0.5, 0.6) is 0 Å². The molecule has 4 fully saturated rings. The average Bonchev–Trinajstić information content (AvgIpc) is 3.36. The summed E-state index contributed by atoms with van der Waals surface area (Å²) in [6.07, 6.45) is 3.96. The molecule has 6 nitrogen and oxygen atoms in total. The van der Waals surface area contributed by atoms with Crippen molar-refractivity contribution in [3.8, 4) is 11.8 Å². The number of fused-ring (bicyclic) bond motifs is 2. The van der Waals surface area contributed by atoms with E-state index in [1.165, 1.54) is 0 Å². The molecule has 0 aromatic heterocycles. The Labute approximate surface area is 195 Å². The first-order valence-electron chi connectivity index (χ1n) is 12.0. The van der Waals surface area contributed by atoms with Gasteiger partial charge in [-0.3, -0.25) is 14.4 Å². The number of carbonyl (C=O) groups excluding carboxylic acids is 3. The Morgan fingerprint density at radius 1 is 0.909 bits per heavy atom. The average molecular weight is 449 g/mol. The monoisotopic (exact) mass is 448 g/mol. The number of hydrogen-bond donors (Lipinski definition) is 0. The minimum atomic E-state index is -1.03. The second-order valence-electron chi connectivity index (χ2n) is 11.1. The molecule has 0 radical (unpaired) electrons. The Hall–Kier alpha value is -2.81. The van der Waals surface area contributed by atoms with Gasteiger partial charge in [-0.1, -0.05) is 38.0 Å². The largest absolute Gasteiger partial charge is 0.448 e. The van der Waals surface area contributed by atoms with E-state index < -0.39 is 16.4 Å². The van der Waals surface area contributed by atoms with E-state index in [1.807, 2.05) is 60.9 Å². The van der Waals surface area contributed by atoms with Crippen LogP contribution in [0.3, 0.4) is 0 Å². The van der Waals surface area contributed by atoms with E-state index >= 15 is 0 Å². The molecule has 4 aliphatic rings. The van der Waals surface area contributed by atoms with Gasteiger partial charge in [0.1, 0.15) is 0 Å². The summed E-state index contributed by atoms with van der Waals surface area (Å²) < 4.78 is 5.83. The maximum atomic E-state index is 13.7. The molecule has 2 atom stereocenters. The fourth-order valence-electron chi connectivity index (χ4n) is 6.40. The number of benzene rings is 1. The standard InChI is InChI=1S/C27H32N2O4/c1-24(2)25(3)11-12-27(24,33-23(25)32)22(31)29-18-15-26(19-29)13-16-28(17-14-26)21(30)10-9-20-7-5-4-6-8-20/h4-8H,11-19H2,1-3H3. The zero-order valence-corrected chi connectivity index (χ0v) is 19.8. The maximum Gasteiger partial charge on any atom is 0.313 e. The zero-order chi connectivity index (χ0) is 23.5. The third kappa shape index (κ3) is 3.12. The highest BCUT2D eigenvalue weighted by atomic mass is 16.6. The first-order chi connectivity index (χ1) is 15.6. The Balaban J connectivity index is 1.23. The van der Waals surface area contributed by atoms with Gasteiger partial charge in [0.25, 0.3) is 11.8 Å². The minimum absolute atomic E-state index is 0.0221. The van der Waals surface area contributed by atoms with Crippen molar-refractivity contribution in [2.75, 3.05) is 26.2 Å². The number of piperidine rings is 1. The molecule has 1 aliphatic carbocycles. The Kier molecular flexibility index (Phi) is 4.90. The lowest BCUT2D eigenvalue weighted by molar-refractivity contribution is -0.173. The van der Waals surface area contributed by atoms with Crippen molar-refractivity contribution in [3.63, 3.8) is 0 Å². The molecule has 1 aromatic carbocycles. The number of rotatable bonds is 1. The summed E-state index contributed by atoms with van der Waals surface area (Å²) in [4.78, 5) is 42.6. The van der Waals surface area contributed by atoms with E-state index in [0.29, 0.717) is 39.0 Å². The summed E-state index contributed by atoms with van der Waals surface area (Å²) in [6.45, 7) is 8.64. The van der Waals surface area contributed by atoms with Crippen LogP contribution in [0.4, 0.5) is 0 Å². The molecule has 174 valence electrons. The summed E-state index contributed by atoms with van der Waals surface area (Å²) in [6, 6.07) is 9.53. The van der Waals surface area contributed by atoms with Crippen LogP contribution in [0.25, 0.3) is 0 Å². The fraction of sp³-hybridized carbons (Fsp3) is 0.593. The van der Waals surface area contributed by atoms with E-state index in [9.17, 15) is 14.4 Å². The van der Waals surface area contributed by atoms with Crippen molar-refractivity contribution in [3.05, 3.63) is 35.9 Å². The molecule has 5 rings (SSSR count). The predicted molar refractivity (Wildman–Crippen MR) is 123 cm³/mol. The van der Waals surface area contributed by atoms with E-state index in [0.717, 1.165) is 24.8 Å². The first-order valence-corrected chi connectivity index (χ1v) is 12.0. The quantitative estimate of drug-likeness (QED) is 0.489. The van der Waals surface area contributed by atoms with Crippen molar-refractivity contribution in [2.24, 2.45) is 16.2 Å². The van der Waals surface area contributed by atoms with Gasteiger partial charge in [0.15, 0.2) is 5.60 Å². The van der Waals surface area contributed by atoms with Crippen molar-refractivity contribution >= 4 is 17.8 Å². The zero-order valence-electron chi connectivity index (χ0n) is 19.8. The molecule has 3 aliphatic heterocycles. The molecule has 1 spiro atoms. The Bertz CT molecular complexity index is 1060. The number of carbonyl (C=O) groups is 3. The van der Waals surface area contributed by atoms with Gasteiger partial charge in [-0.25, -0.2) is 0 Å². The van der Waals surface area contributed by atoms with Crippen LogP contribution in [0.1, 0.15) is 58.4 Å². The molecular formula is C27H32N2O4. The third-order valence-corrected chi connectivity index (χ3v) is 9.35. The molecule has 0 N–H and O–H groups in total. The smallest absolute Gasteiger partial charge is 0.313 e. The molecule has 3 saturated heterocycles. The van der Waals surface area contributed by atoms with Crippen LogP contribution in [-0.2, 0) is 19.1 Å². The number of ether oxygens (including phenoxy) is 1. The second-order valence-corrected chi connectivity index (χ2v) is 11.1. The van der Waals surface area contributed by atoms with E-state index in [2.05, 4.69) is 11.8 Å². The van der Waals surface area contributed by atoms with Crippen LogP contribution in [-0.4, -0.2) is 59.4 Å². The van der Waals surface area contributed by atoms with Gasteiger partial charge >= 0.3 is 5.97 Å². The van der Waals surface area contributed by atoms with Crippen LogP contribution < -0.4 is 0 Å². The molecule has 6 heteroatoms. The lowest BCUT2D eigenvalue weighted by Crippen LogP contribution is -2.55. The summed E-state index contributed by atoms with van der Waals surface area (Å²) in [7, 11) is 0. The fourth-order valence-corrected chi connectivity index (χ4v) is 6.40. The second kappa shape index (κ2) is 7.35. The number of amides is 2. The Morgan fingerprint density at radius 3 is 2.12 bits per heavy atom. The van der Waals surface area contributed by atoms with Crippen LogP contribution >= 0.6 is 0 Å². The van der Waals surface area contributed by atoms with Crippen molar-refractivity contribution in [2.45, 2.75) is 58.5 Å². The summed E-state index contributed by atoms with van der Waals surface area (Å²) in [5, 5.41) is 0. The van der Waals surface area contributed by atoms with Crippen molar-refractivity contribution in [1.29, 1.82) is 0 Å². The number of likely N-dealkylation sites (tertiary alicyclic amines) is 2. The van der Waals surface area contributed by atoms with Gasteiger partial charge in [-0.15, -0.1) is 0 Å². The normalized spacial score (nSPS) is 31.3. The SMILES string of the molecule is CC12CCC(C(=O)N3CCC4(CCN(C(=O)C#Cc5ccccc5)CC4)C3)(OC1=O)C2(C)C. The molecule has 33 heavy (non-hydrogen) atoms. The summed E-state index contributed by atoms with van der Waals surface area (Å²) >= 11 is 0. The van der Waals surface area contributed by atoms with E-state index in [-0.39, 0.29) is 23.2 Å². The van der Waals surface area contributed by atoms with E-state index in [1.54, 1.807) is 0 Å². The molecule has 3 heterocycles. The lowest BCUT2D eigenvalue weighted by atomic mass is 9.66. The van der Waals surface area contributed by atoms with Crippen molar-refractivity contribution in [1.82, 2.24) is 9.80 Å². The van der Waals surface area contributed by atoms with Gasteiger partial charge in [-0.05, 0) is 56.6 Å². The predicted octanol–water partition coefficient (Wildman–Crippen LogP) is 3.00. The number of nitrogens with zero attached hydrogens (tertiary/aromatic N) is 2. The number of esters is 1. The highest BCUT2D eigenvalue weighted by Gasteiger charge is 2.76. The minimum Gasteiger partial charge on any atom is -0.448 e. The van der Waals surface area contributed by atoms with Gasteiger partial charge < -0.3 is 14.5 Å². The Morgan fingerprint density at radius 2 is 1.55 bits per heavy atom.